The summed E-state index contributed by atoms with van der Waals surface area (Å²) >= 11 is 0. The van der Waals surface area contributed by atoms with Crippen molar-refractivity contribution < 1.29 is 9.47 Å². The monoisotopic (exact) mass is 375 g/mol. The third kappa shape index (κ3) is 2.68. The Morgan fingerprint density at radius 1 is 1.29 bits per heavy atom. The first-order valence-corrected chi connectivity index (χ1v) is 9.59. The highest BCUT2D eigenvalue weighted by Gasteiger charge is 2.42. The second-order valence-electron chi connectivity index (χ2n) is 7.54. The van der Waals surface area contributed by atoms with Crippen LogP contribution in [0.15, 0.2) is 58.7 Å². The minimum absolute atomic E-state index is 0.0880. The van der Waals surface area contributed by atoms with Crippen LogP contribution in [0.25, 0.3) is 5.57 Å². The van der Waals surface area contributed by atoms with Gasteiger partial charge in [-0.25, -0.2) is 0 Å². The summed E-state index contributed by atoms with van der Waals surface area (Å²) in [5.74, 6) is 0.801. The number of aromatic nitrogens is 1. The van der Waals surface area contributed by atoms with Gasteiger partial charge in [0.2, 0.25) is 0 Å². The van der Waals surface area contributed by atoms with Crippen LogP contribution in [-0.2, 0) is 9.47 Å². The van der Waals surface area contributed by atoms with Gasteiger partial charge in [0.05, 0.1) is 24.4 Å². The largest absolute Gasteiger partial charge is 0.498 e. The number of nitriles is 1. The summed E-state index contributed by atoms with van der Waals surface area (Å²) in [5.41, 5.74) is 7.13. The van der Waals surface area contributed by atoms with Crippen LogP contribution in [0.5, 0.6) is 0 Å². The average molecular weight is 375 g/mol. The fourth-order valence-electron chi connectivity index (χ4n) is 4.72. The molecule has 0 saturated heterocycles. The van der Waals surface area contributed by atoms with Crippen LogP contribution >= 0.6 is 0 Å². The van der Waals surface area contributed by atoms with E-state index in [0.717, 1.165) is 45.9 Å². The summed E-state index contributed by atoms with van der Waals surface area (Å²) in [6.45, 7) is 6.34. The molecule has 3 heterocycles. The number of fused-ring (bicyclic) bond motifs is 2. The Hall–Kier alpha value is -2.84. The van der Waals surface area contributed by atoms with Crippen LogP contribution in [0, 0.1) is 18.3 Å². The van der Waals surface area contributed by atoms with Crippen molar-refractivity contribution in [1.82, 2.24) is 9.88 Å². The van der Waals surface area contributed by atoms with Crippen LogP contribution in [0.2, 0.25) is 0 Å². The molecule has 0 amide bonds. The fraction of sp³-hybridized carbons (Fsp3) is 0.391. The lowest BCUT2D eigenvalue weighted by molar-refractivity contribution is 0.0762. The Morgan fingerprint density at radius 2 is 2.07 bits per heavy atom. The molecule has 1 aromatic heterocycles. The van der Waals surface area contributed by atoms with Gasteiger partial charge >= 0.3 is 0 Å². The van der Waals surface area contributed by atoms with Crippen molar-refractivity contribution in [2.75, 3.05) is 14.2 Å². The average Bonchev–Trinajstić information content (AvgIpc) is 3.00. The number of ether oxygens (including phenoxy) is 2. The molecular weight excluding hydrogens is 350 g/mol. The van der Waals surface area contributed by atoms with Crippen LogP contribution in [-0.4, -0.2) is 42.3 Å². The van der Waals surface area contributed by atoms with E-state index in [1.165, 1.54) is 5.57 Å². The molecule has 3 atom stereocenters. The molecule has 0 fully saturated rings. The molecule has 0 spiro atoms. The molecule has 2 aliphatic heterocycles. The van der Waals surface area contributed by atoms with E-state index in [1.54, 1.807) is 14.2 Å². The molecule has 4 rings (SSSR count). The maximum Gasteiger partial charge on any atom is 0.125 e. The number of methoxy groups -OCH3 is 2. The van der Waals surface area contributed by atoms with Crippen molar-refractivity contribution in [3.05, 3.63) is 69.9 Å². The van der Waals surface area contributed by atoms with E-state index in [9.17, 15) is 5.26 Å². The number of hydrogen-bond donors (Lipinski definition) is 0. The van der Waals surface area contributed by atoms with E-state index in [0.29, 0.717) is 0 Å². The van der Waals surface area contributed by atoms with E-state index in [-0.39, 0.29) is 18.2 Å². The lowest BCUT2D eigenvalue weighted by Crippen LogP contribution is -2.39. The molecule has 1 aromatic rings. The number of hydrogen-bond acceptors (Lipinski definition) is 5. The molecule has 0 saturated carbocycles. The molecule has 144 valence electrons. The third-order valence-electron chi connectivity index (χ3n) is 5.93. The number of allylic oxidation sites excluding steroid dienone is 3. The smallest absolute Gasteiger partial charge is 0.125 e. The highest BCUT2D eigenvalue weighted by atomic mass is 16.5. The Bertz CT molecular complexity index is 993. The molecule has 0 aromatic carbocycles. The number of nitrogens with zero attached hydrogens (tertiary/aromatic N) is 3. The summed E-state index contributed by atoms with van der Waals surface area (Å²) in [7, 11) is 3.38. The van der Waals surface area contributed by atoms with Gasteiger partial charge in [0.1, 0.15) is 17.9 Å². The maximum absolute atomic E-state index is 10.1. The third-order valence-corrected chi connectivity index (χ3v) is 5.93. The van der Waals surface area contributed by atoms with Gasteiger partial charge in [0, 0.05) is 42.6 Å². The zero-order valence-corrected chi connectivity index (χ0v) is 17.0. The molecule has 5 nitrogen and oxygen atoms in total. The van der Waals surface area contributed by atoms with Crippen LogP contribution < -0.4 is 0 Å². The van der Waals surface area contributed by atoms with Gasteiger partial charge < -0.3 is 14.4 Å². The second kappa shape index (κ2) is 6.96. The van der Waals surface area contributed by atoms with Gasteiger partial charge in [-0.3, -0.25) is 4.98 Å². The summed E-state index contributed by atoms with van der Waals surface area (Å²) in [5, 5.41) is 10.1. The van der Waals surface area contributed by atoms with Crippen LogP contribution in [0.3, 0.4) is 0 Å². The topological polar surface area (TPSA) is 58.4 Å². The molecule has 0 N–H and O–H groups in total. The zero-order valence-electron chi connectivity index (χ0n) is 17.0. The normalized spacial score (nSPS) is 26.4. The van der Waals surface area contributed by atoms with Gasteiger partial charge in [-0.1, -0.05) is 6.08 Å². The summed E-state index contributed by atoms with van der Waals surface area (Å²) < 4.78 is 11.2. The maximum atomic E-state index is 10.1. The minimum Gasteiger partial charge on any atom is -0.498 e. The van der Waals surface area contributed by atoms with Gasteiger partial charge in [0.15, 0.2) is 0 Å². The standard InChI is InChI=1S/C23H25N3O2/c1-13-8-16(6-7-25-13)22-15(3)26-14(2)9-17-10-20(27-4)21(28-5)11-18(17)23(26)19(22)12-24/h6-9,11,14-15,20H,10H2,1-5H3. The Labute approximate surface area is 166 Å². The van der Waals surface area contributed by atoms with E-state index >= 15 is 0 Å². The summed E-state index contributed by atoms with van der Waals surface area (Å²) in [6.07, 6.45) is 6.82. The predicted molar refractivity (Wildman–Crippen MR) is 108 cm³/mol. The lowest BCUT2D eigenvalue weighted by Gasteiger charge is -2.39. The first-order valence-electron chi connectivity index (χ1n) is 9.59. The number of rotatable bonds is 3. The lowest BCUT2D eigenvalue weighted by atomic mass is 9.85. The second-order valence-corrected chi connectivity index (χ2v) is 7.54. The molecule has 1 aliphatic carbocycles. The van der Waals surface area contributed by atoms with Crippen molar-refractivity contribution in [2.45, 2.75) is 45.4 Å². The van der Waals surface area contributed by atoms with E-state index in [4.69, 9.17) is 9.47 Å². The predicted octanol–water partition coefficient (Wildman–Crippen LogP) is 3.90. The Balaban J connectivity index is 1.97. The molecule has 0 radical (unpaired) electrons. The quantitative estimate of drug-likeness (QED) is 0.802. The Morgan fingerprint density at radius 3 is 2.71 bits per heavy atom. The first kappa shape index (κ1) is 18.5. The first-order chi connectivity index (χ1) is 13.5. The molecular formula is C23H25N3O2. The van der Waals surface area contributed by atoms with Crippen molar-refractivity contribution >= 4 is 5.57 Å². The fourth-order valence-corrected chi connectivity index (χ4v) is 4.72. The van der Waals surface area contributed by atoms with Gasteiger partial charge in [-0.15, -0.1) is 0 Å². The van der Waals surface area contributed by atoms with Crippen LogP contribution in [0.1, 0.15) is 31.5 Å². The molecule has 28 heavy (non-hydrogen) atoms. The summed E-state index contributed by atoms with van der Waals surface area (Å²) in [6, 6.07) is 6.86. The van der Waals surface area contributed by atoms with Gasteiger partial charge in [-0.05, 0) is 50.1 Å². The Kier molecular flexibility index (Phi) is 4.60. The van der Waals surface area contributed by atoms with Crippen molar-refractivity contribution in [2.24, 2.45) is 0 Å². The van der Waals surface area contributed by atoms with E-state index in [1.807, 2.05) is 25.3 Å². The summed E-state index contributed by atoms with van der Waals surface area (Å²) in [4.78, 5) is 6.66. The van der Waals surface area contributed by atoms with E-state index in [2.05, 4.69) is 41.9 Å². The molecule has 3 unspecified atom stereocenters. The highest BCUT2D eigenvalue weighted by molar-refractivity contribution is 5.84. The number of pyridine rings is 1. The minimum atomic E-state index is -0.0880. The van der Waals surface area contributed by atoms with Crippen molar-refractivity contribution in [1.29, 1.82) is 5.26 Å². The molecule has 5 heteroatoms. The van der Waals surface area contributed by atoms with E-state index < -0.39 is 0 Å². The van der Waals surface area contributed by atoms with Gasteiger partial charge in [-0.2, -0.15) is 5.26 Å². The van der Waals surface area contributed by atoms with Crippen molar-refractivity contribution in [3.8, 4) is 6.07 Å². The molecule has 0 bridgehead atoms. The number of aryl methyl sites for hydroxylation is 1. The van der Waals surface area contributed by atoms with Crippen molar-refractivity contribution in [3.63, 3.8) is 0 Å². The zero-order chi connectivity index (χ0) is 20.0. The van der Waals surface area contributed by atoms with Crippen LogP contribution in [0.4, 0.5) is 0 Å². The SMILES string of the molecule is COC1=CC2=C3C(C#N)=C(c4ccnc(C)c4)C(C)N3C(C)C=C2CC1OC. The van der Waals surface area contributed by atoms with Gasteiger partial charge in [0.25, 0.3) is 0 Å². The highest BCUT2D eigenvalue weighted by Crippen LogP contribution is 2.48. The molecule has 3 aliphatic rings.